The highest BCUT2D eigenvalue weighted by Gasteiger charge is 2.21. The Labute approximate surface area is 175 Å². The van der Waals surface area contributed by atoms with Gasteiger partial charge in [0, 0.05) is 43.8 Å². The molecule has 0 aliphatic carbocycles. The minimum absolute atomic E-state index is 0.0642. The van der Waals surface area contributed by atoms with E-state index in [2.05, 4.69) is 25.7 Å². The van der Waals surface area contributed by atoms with Gasteiger partial charge in [-0.2, -0.15) is 5.10 Å². The van der Waals surface area contributed by atoms with Crippen LogP contribution >= 0.6 is 0 Å². The van der Waals surface area contributed by atoms with E-state index in [0.29, 0.717) is 25.6 Å². The van der Waals surface area contributed by atoms with Crippen LogP contribution in [0.4, 0.5) is 22.1 Å². The highest BCUT2D eigenvalue weighted by atomic mass is 16.5. The summed E-state index contributed by atoms with van der Waals surface area (Å²) in [5.74, 6) is 0.487. The third-order valence-electron chi connectivity index (χ3n) is 4.97. The van der Waals surface area contributed by atoms with Crippen LogP contribution in [-0.4, -0.2) is 51.6 Å². The molecule has 1 aliphatic heterocycles. The molecule has 156 valence electrons. The summed E-state index contributed by atoms with van der Waals surface area (Å²) in [7, 11) is 1.69. The number of rotatable bonds is 7. The Kier molecular flexibility index (Phi) is 5.37. The number of hydrogen-bond donors (Lipinski definition) is 2. The second kappa shape index (κ2) is 8.11. The average Bonchev–Trinajstić information content (AvgIpc) is 3.36. The molecule has 1 saturated heterocycles. The lowest BCUT2D eigenvalue weighted by Crippen LogP contribution is -2.29. The van der Waals surface area contributed by atoms with Crippen molar-refractivity contribution in [3.63, 3.8) is 0 Å². The lowest BCUT2D eigenvalue weighted by atomic mass is 10.1. The lowest BCUT2D eigenvalue weighted by molar-refractivity contribution is 0.00543. The second-order valence-electron chi connectivity index (χ2n) is 7.71. The number of anilines is 3. The van der Waals surface area contributed by atoms with Crippen LogP contribution in [0.15, 0.2) is 48.9 Å². The number of ether oxygens (including phenoxy) is 1. The van der Waals surface area contributed by atoms with Gasteiger partial charge in [0.1, 0.15) is 0 Å². The van der Waals surface area contributed by atoms with E-state index in [1.54, 1.807) is 24.4 Å². The molecular weight excluding hydrogens is 382 g/mol. The molecule has 9 heteroatoms. The fourth-order valence-electron chi connectivity index (χ4n) is 3.21. The van der Waals surface area contributed by atoms with Gasteiger partial charge < -0.3 is 15.4 Å². The van der Waals surface area contributed by atoms with Crippen molar-refractivity contribution < 1.29 is 9.53 Å². The molecule has 4 rings (SSSR count). The fourth-order valence-corrected chi connectivity index (χ4v) is 3.21. The normalized spacial score (nSPS) is 14.1. The summed E-state index contributed by atoms with van der Waals surface area (Å²) in [5.41, 5.74) is 3.10. The highest BCUT2D eigenvalue weighted by Crippen LogP contribution is 2.24. The first kappa shape index (κ1) is 19.8. The van der Waals surface area contributed by atoms with E-state index in [-0.39, 0.29) is 11.6 Å². The molecule has 0 unspecified atom stereocenters. The first-order valence-corrected chi connectivity index (χ1v) is 9.77. The Bertz CT molecular complexity index is 1030. The van der Waals surface area contributed by atoms with Gasteiger partial charge in [0.2, 0.25) is 5.95 Å². The van der Waals surface area contributed by atoms with E-state index >= 15 is 0 Å². The third kappa shape index (κ3) is 4.41. The summed E-state index contributed by atoms with van der Waals surface area (Å²) >= 11 is 0. The van der Waals surface area contributed by atoms with Gasteiger partial charge >= 0.3 is 6.03 Å². The molecule has 3 aromatic rings. The molecule has 1 aliphatic rings. The van der Waals surface area contributed by atoms with Crippen molar-refractivity contribution >= 4 is 23.4 Å². The SMILES string of the molecule is COC(C)(C)Cn1cc(Nc2nccc(-c3ccc(N4CCNC4=O)cc3)n2)cn1. The standard InChI is InChI=1S/C21H25N7O2/c1-21(2,30-3)14-27-13-16(12-24-27)25-19-22-9-8-18(26-19)15-4-6-17(7-5-15)28-11-10-23-20(28)29/h4-9,12-13H,10-11,14H2,1-3H3,(H,23,29)(H,22,25,26). The number of benzene rings is 1. The van der Waals surface area contributed by atoms with E-state index in [1.807, 2.05) is 55.1 Å². The molecule has 1 fully saturated rings. The van der Waals surface area contributed by atoms with Gasteiger partial charge in [-0.15, -0.1) is 0 Å². The zero-order valence-electron chi connectivity index (χ0n) is 17.3. The van der Waals surface area contributed by atoms with Crippen LogP contribution in [0.5, 0.6) is 0 Å². The zero-order chi connectivity index (χ0) is 21.1. The fraction of sp³-hybridized carbons (Fsp3) is 0.333. The number of carbonyl (C=O) groups is 1. The van der Waals surface area contributed by atoms with Crippen LogP contribution in [0.25, 0.3) is 11.3 Å². The van der Waals surface area contributed by atoms with E-state index in [9.17, 15) is 4.79 Å². The summed E-state index contributed by atoms with van der Waals surface area (Å²) in [5, 5.41) is 10.4. The van der Waals surface area contributed by atoms with Crippen LogP contribution in [0.2, 0.25) is 0 Å². The van der Waals surface area contributed by atoms with Crippen molar-refractivity contribution in [3.05, 3.63) is 48.9 Å². The molecule has 0 saturated carbocycles. The Balaban J connectivity index is 1.47. The van der Waals surface area contributed by atoms with Gasteiger partial charge in [-0.1, -0.05) is 12.1 Å². The van der Waals surface area contributed by atoms with E-state index < -0.39 is 0 Å². The second-order valence-corrected chi connectivity index (χ2v) is 7.71. The smallest absolute Gasteiger partial charge is 0.321 e. The molecule has 2 N–H and O–H groups in total. The number of hydrogen-bond acceptors (Lipinski definition) is 6. The zero-order valence-corrected chi connectivity index (χ0v) is 17.3. The van der Waals surface area contributed by atoms with E-state index in [0.717, 1.165) is 22.6 Å². The van der Waals surface area contributed by atoms with Crippen molar-refractivity contribution in [1.29, 1.82) is 0 Å². The number of aromatic nitrogens is 4. The number of carbonyl (C=O) groups excluding carboxylic acids is 1. The molecule has 0 atom stereocenters. The van der Waals surface area contributed by atoms with E-state index in [1.165, 1.54) is 0 Å². The Morgan fingerprint density at radius 1 is 1.23 bits per heavy atom. The quantitative estimate of drug-likeness (QED) is 0.625. The highest BCUT2D eigenvalue weighted by molar-refractivity contribution is 5.94. The van der Waals surface area contributed by atoms with Gasteiger partial charge in [0.05, 0.1) is 29.7 Å². The third-order valence-corrected chi connectivity index (χ3v) is 4.97. The molecule has 2 amide bonds. The number of amides is 2. The molecule has 0 spiro atoms. The topological polar surface area (TPSA) is 97.2 Å². The first-order chi connectivity index (χ1) is 14.4. The van der Waals surface area contributed by atoms with Gasteiger partial charge in [0.15, 0.2) is 0 Å². The van der Waals surface area contributed by atoms with Crippen LogP contribution in [0, 0.1) is 0 Å². The molecule has 0 bridgehead atoms. The maximum Gasteiger partial charge on any atom is 0.321 e. The Morgan fingerprint density at radius 3 is 2.73 bits per heavy atom. The Hall–Kier alpha value is -3.46. The lowest BCUT2D eigenvalue weighted by Gasteiger charge is -2.22. The van der Waals surface area contributed by atoms with Gasteiger partial charge in [-0.05, 0) is 32.0 Å². The van der Waals surface area contributed by atoms with Crippen molar-refractivity contribution in [3.8, 4) is 11.3 Å². The minimum Gasteiger partial charge on any atom is -0.377 e. The predicted molar refractivity (Wildman–Crippen MR) is 115 cm³/mol. The minimum atomic E-state index is -0.304. The molecule has 3 heterocycles. The number of nitrogens with zero attached hydrogens (tertiary/aromatic N) is 5. The summed E-state index contributed by atoms with van der Waals surface area (Å²) in [4.78, 5) is 22.4. The van der Waals surface area contributed by atoms with Gasteiger partial charge in [-0.25, -0.2) is 14.8 Å². The van der Waals surface area contributed by atoms with Crippen LogP contribution in [0.3, 0.4) is 0 Å². The molecular formula is C21H25N7O2. The average molecular weight is 407 g/mol. The number of nitrogens with one attached hydrogen (secondary N) is 2. The molecule has 9 nitrogen and oxygen atoms in total. The van der Waals surface area contributed by atoms with E-state index in [4.69, 9.17) is 4.74 Å². The largest absolute Gasteiger partial charge is 0.377 e. The predicted octanol–water partition coefficient (Wildman–Crippen LogP) is 3.04. The van der Waals surface area contributed by atoms with Crippen LogP contribution < -0.4 is 15.5 Å². The maximum atomic E-state index is 11.8. The summed E-state index contributed by atoms with van der Waals surface area (Å²) in [6.07, 6.45) is 5.34. The van der Waals surface area contributed by atoms with Crippen molar-refractivity contribution in [2.45, 2.75) is 26.0 Å². The van der Waals surface area contributed by atoms with Crippen molar-refractivity contribution in [2.24, 2.45) is 0 Å². The molecule has 2 aromatic heterocycles. The Morgan fingerprint density at radius 2 is 2.03 bits per heavy atom. The van der Waals surface area contributed by atoms with Gasteiger partial charge in [0.25, 0.3) is 0 Å². The number of urea groups is 1. The monoisotopic (exact) mass is 407 g/mol. The van der Waals surface area contributed by atoms with Crippen molar-refractivity contribution in [2.75, 3.05) is 30.4 Å². The maximum absolute atomic E-state index is 11.8. The summed E-state index contributed by atoms with van der Waals surface area (Å²) in [6, 6.07) is 9.56. The summed E-state index contributed by atoms with van der Waals surface area (Å²) < 4.78 is 7.27. The molecule has 1 aromatic carbocycles. The van der Waals surface area contributed by atoms with Gasteiger partial charge in [-0.3, -0.25) is 9.58 Å². The first-order valence-electron chi connectivity index (χ1n) is 9.77. The molecule has 30 heavy (non-hydrogen) atoms. The van der Waals surface area contributed by atoms with Crippen LogP contribution in [0.1, 0.15) is 13.8 Å². The summed E-state index contributed by atoms with van der Waals surface area (Å²) in [6.45, 7) is 6.00. The molecule has 0 radical (unpaired) electrons. The van der Waals surface area contributed by atoms with Crippen molar-refractivity contribution in [1.82, 2.24) is 25.1 Å². The van der Waals surface area contributed by atoms with Crippen LogP contribution in [-0.2, 0) is 11.3 Å². The number of methoxy groups -OCH3 is 1.